The summed E-state index contributed by atoms with van der Waals surface area (Å²) in [7, 11) is 0. The van der Waals surface area contributed by atoms with Crippen LogP contribution < -0.4 is 16.4 Å². The van der Waals surface area contributed by atoms with E-state index in [2.05, 4.69) is 227 Å². The third-order valence-corrected chi connectivity index (χ3v) is 16.2. The number of rotatable bonds is 2. The van der Waals surface area contributed by atoms with Crippen LogP contribution in [0.5, 0.6) is 0 Å². The standard InChI is InChI=1S/C63H47BN2/c1-61(2,3)37-30-28-36(29-31-37)46-34-38(62(4,5)6)32-33-39(46)47-35-51-60-55-59(47)65-54-27-12-9-18-42(54)43-20-14-25-52(57(43)65)64(55)53-26-15-21-45-44-19-13-24-50(56(44)66(60)58(45)53)63(51)48-22-10-7-16-40(48)41-17-8-11-23-49(41)63/h7-35H,1-6H3. The van der Waals surface area contributed by atoms with Gasteiger partial charge >= 0.3 is 0 Å². The Labute approximate surface area is 385 Å². The molecule has 15 rings (SSSR count). The molecule has 3 heteroatoms. The normalized spacial score (nSPS) is 14.6. The fraction of sp³-hybridized carbons (Fsp3) is 0.143. The molecule has 0 N–H and O–H groups in total. The largest absolute Gasteiger partial charge is 0.310 e. The summed E-state index contributed by atoms with van der Waals surface area (Å²) in [5.74, 6) is 0. The minimum absolute atomic E-state index is 0.0172. The van der Waals surface area contributed by atoms with Crippen molar-refractivity contribution in [3.63, 3.8) is 0 Å². The van der Waals surface area contributed by atoms with Crippen molar-refractivity contribution in [2.24, 2.45) is 0 Å². The zero-order chi connectivity index (χ0) is 44.2. The van der Waals surface area contributed by atoms with Gasteiger partial charge in [0.1, 0.15) is 0 Å². The molecule has 3 aliphatic heterocycles. The van der Waals surface area contributed by atoms with E-state index < -0.39 is 5.41 Å². The fourth-order valence-electron chi connectivity index (χ4n) is 13.4. The van der Waals surface area contributed by atoms with Crippen LogP contribution in [0.1, 0.15) is 74.9 Å². The molecule has 5 heterocycles. The Kier molecular flexibility index (Phi) is 6.77. The molecule has 1 aliphatic carbocycles. The van der Waals surface area contributed by atoms with Gasteiger partial charge in [-0.25, -0.2) is 0 Å². The first-order valence-electron chi connectivity index (χ1n) is 23.8. The highest BCUT2D eigenvalue weighted by atomic mass is 15.1. The maximum atomic E-state index is 2.73. The lowest BCUT2D eigenvalue weighted by molar-refractivity contribution is 0.590. The van der Waals surface area contributed by atoms with Crippen molar-refractivity contribution in [2.45, 2.75) is 57.8 Å². The van der Waals surface area contributed by atoms with Gasteiger partial charge in [0.05, 0.1) is 22.1 Å². The number of hydrogen-bond donors (Lipinski definition) is 0. The van der Waals surface area contributed by atoms with Crippen molar-refractivity contribution in [2.75, 3.05) is 0 Å². The van der Waals surface area contributed by atoms with E-state index >= 15 is 0 Å². The maximum absolute atomic E-state index is 2.73. The molecule has 9 aromatic carbocycles. The lowest BCUT2D eigenvalue weighted by Gasteiger charge is -2.44. The van der Waals surface area contributed by atoms with Gasteiger partial charge in [0.25, 0.3) is 6.71 Å². The molecule has 2 nitrogen and oxygen atoms in total. The zero-order valence-corrected chi connectivity index (χ0v) is 38.2. The van der Waals surface area contributed by atoms with Crippen molar-refractivity contribution in [3.8, 4) is 44.8 Å². The summed E-state index contributed by atoms with van der Waals surface area (Å²) in [4.78, 5) is 0. The molecule has 312 valence electrons. The molecule has 0 bridgehead atoms. The van der Waals surface area contributed by atoms with Crippen LogP contribution >= 0.6 is 0 Å². The van der Waals surface area contributed by atoms with Crippen molar-refractivity contribution in [1.82, 2.24) is 9.13 Å². The summed E-state index contributed by atoms with van der Waals surface area (Å²) < 4.78 is 5.41. The Morgan fingerprint density at radius 2 is 0.924 bits per heavy atom. The van der Waals surface area contributed by atoms with Crippen LogP contribution in [0.4, 0.5) is 0 Å². The Balaban J connectivity index is 1.20. The minimum atomic E-state index is -0.566. The fourth-order valence-corrected chi connectivity index (χ4v) is 13.4. The molecule has 0 saturated carbocycles. The van der Waals surface area contributed by atoms with Crippen molar-refractivity contribution < 1.29 is 0 Å². The lowest BCUT2D eigenvalue weighted by Crippen LogP contribution is -2.60. The number of aromatic nitrogens is 2. The quantitative estimate of drug-likeness (QED) is 0.153. The summed E-state index contributed by atoms with van der Waals surface area (Å²) in [5.41, 5.74) is 27.4. The van der Waals surface area contributed by atoms with Crippen molar-refractivity contribution >= 4 is 66.7 Å². The Morgan fingerprint density at radius 3 is 1.61 bits per heavy atom. The molecular formula is C63H47BN2. The molecule has 0 amide bonds. The van der Waals surface area contributed by atoms with Crippen molar-refractivity contribution in [1.29, 1.82) is 0 Å². The molecule has 1 spiro atoms. The van der Waals surface area contributed by atoms with Gasteiger partial charge in [0.15, 0.2) is 0 Å². The first-order chi connectivity index (χ1) is 32.0. The predicted molar refractivity (Wildman–Crippen MR) is 279 cm³/mol. The molecule has 0 fully saturated rings. The second-order valence-electron chi connectivity index (χ2n) is 21.6. The number of fused-ring (bicyclic) bond motifs is 14. The molecule has 2 aromatic heterocycles. The van der Waals surface area contributed by atoms with Crippen LogP contribution in [-0.4, -0.2) is 15.8 Å². The van der Waals surface area contributed by atoms with Gasteiger partial charge in [-0.1, -0.05) is 205 Å². The highest BCUT2D eigenvalue weighted by Crippen LogP contribution is 2.62. The molecule has 0 radical (unpaired) electrons. The van der Waals surface area contributed by atoms with E-state index in [1.807, 2.05) is 0 Å². The average molecular weight is 843 g/mol. The van der Waals surface area contributed by atoms with E-state index in [9.17, 15) is 0 Å². The molecule has 66 heavy (non-hydrogen) atoms. The summed E-state index contributed by atoms with van der Waals surface area (Å²) >= 11 is 0. The van der Waals surface area contributed by atoms with Gasteiger partial charge in [0.2, 0.25) is 0 Å². The monoisotopic (exact) mass is 842 g/mol. The number of nitrogens with zero attached hydrogens (tertiary/aromatic N) is 2. The minimum Gasteiger partial charge on any atom is -0.310 e. The SMILES string of the molecule is CC(C)(C)c1ccc(-c2cc(C(C)(C)C)ccc2-c2cc3c4c5c2-n2c6ccccc6c6cccc(c62)B5c2cccc5c6cccc(c6n-4c25)C32c3ccccc3-c3ccccc32)cc1. The third-order valence-electron chi connectivity index (χ3n) is 16.2. The first-order valence-corrected chi connectivity index (χ1v) is 23.8. The summed E-state index contributed by atoms with van der Waals surface area (Å²) in [5, 5.41) is 5.27. The van der Waals surface area contributed by atoms with Crippen LogP contribution in [0.15, 0.2) is 176 Å². The van der Waals surface area contributed by atoms with E-state index in [-0.39, 0.29) is 17.5 Å². The zero-order valence-electron chi connectivity index (χ0n) is 38.2. The maximum Gasteiger partial charge on any atom is 0.252 e. The molecule has 0 saturated heterocycles. The topological polar surface area (TPSA) is 9.86 Å². The van der Waals surface area contributed by atoms with Crippen LogP contribution in [0.2, 0.25) is 0 Å². The Bertz CT molecular complexity index is 3960. The molecular weight excluding hydrogens is 796 g/mol. The van der Waals surface area contributed by atoms with Crippen LogP contribution in [0, 0.1) is 0 Å². The third kappa shape index (κ3) is 4.27. The number of benzene rings is 9. The van der Waals surface area contributed by atoms with Crippen molar-refractivity contribution in [3.05, 3.63) is 209 Å². The van der Waals surface area contributed by atoms with Gasteiger partial charge in [0, 0.05) is 43.8 Å². The van der Waals surface area contributed by atoms with Gasteiger partial charge in [-0.3, -0.25) is 0 Å². The predicted octanol–water partition coefficient (Wildman–Crippen LogP) is 13.6. The summed E-state index contributed by atoms with van der Waals surface area (Å²) in [6, 6.07) is 68.7. The van der Waals surface area contributed by atoms with Gasteiger partial charge in [-0.05, 0) is 101 Å². The van der Waals surface area contributed by atoms with Gasteiger partial charge in [-0.2, -0.15) is 0 Å². The number of hydrogen-bond acceptors (Lipinski definition) is 0. The van der Waals surface area contributed by atoms with Crippen LogP contribution in [-0.2, 0) is 16.2 Å². The highest BCUT2D eigenvalue weighted by molar-refractivity contribution is 7.00. The van der Waals surface area contributed by atoms with Crippen LogP contribution in [0.3, 0.4) is 0 Å². The van der Waals surface area contributed by atoms with Crippen LogP contribution in [0.25, 0.3) is 88.4 Å². The lowest BCUT2D eigenvalue weighted by atomic mass is 9.33. The highest BCUT2D eigenvalue weighted by Gasteiger charge is 2.54. The van der Waals surface area contributed by atoms with E-state index in [1.54, 1.807) is 0 Å². The van der Waals surface area contributed by atoms with Gasteiger partial charge < -0.3 is 9.13 Å². The first kappa shape index (κ1) is 36.9. The molecule has 4 aliphatic rings. The van der Waals surface area contributed by atoms with Gasteiger partial charge in [-0.15, -0.1) is 0 Å². The molecule has 0 atom stereocenters. The second kappa shape index (κ2) is 12.1. The molecule has 11 aromatic rings. The van der Waals surface area contributed by atoms with E-state index in [0.29, 0.717) is 0 Å². The Hall–Kier alpha value is -7.36. The van der Waals surface area contributed by atoms with E-state index in [1.165, 1.54) is 138 Å². The second-order valence-corrected chi connectivity index (χ2v) is 21.6. The molecule has 0 unspecified atom stereocenters. The average Bonchev–Trinajstić information content (AvgIpc) is 3.96. The Morgan fingerprint density at radius 1 is 0.379 bits per heavy atom. The van der Waals surface area contributed by atoms with E-state index in [0.717, 1.165) is 0 Å². The summed E-state index contributed by atoms with van der Waals surface area (Å²) in [6.45, 7) is 14.0. The van der Waals surface area contributed by atoms with E-state index in [4.69, 9.17) is 0 Å². The summed E-state index contributed by atoms with van der Waals surface area (Å²) in [6.07, 6.45) is 0. The smallest absolute Gasteiger partial charge is 0.252 e. The number of para-hydroxylation sites is 4.